The first kappa shape index (κ1) is 21.3. The van der Waals surface area contributed by atoms with E-state index in [0.717, 1.165) is 16.9 Å². The van der Waals surface area contributed by atoms with Gasteiger partial charge < -0.3 is 5.32 Å². The average molecular weight is 446 g/mol. The molecule has 0 spiro atoms. The third-order valence-corrected chi connectivity index (χ3v) is 5.77. The van der Waals surface area contributed by atoms with Crippen LogP contribution in [-0.4, -0.2) is 15.3 Å². The maximum absolute atomic E-state index is 13.3. The zero-order chi connectivity index (χ0) is 23.7. The number of hydrogen-bond acceptors (Lipinski definition) is 4. The molecule has 0 aliphatic rings. The molecule has 2 aromatic heterocycles. The van der Waals surface area contributed by atoms with Gasteiger partial charge in [-0.2, -0.15) is 0 Å². The van der Waals surface area contributed by atoms with Gasteiger partial charge in [0.1, 0.15) is 11.5 Å². The molecule has 3 aromatic carbocycles. The molecular weight excluding hydrogens is 422 g/mol. The van der Waals surface area contributed by atoms with Crippen molar-refractivity contribution in [1.82, 2.24) is 9.55 Å². The highest BCUT2D eigenvalue weighted by molar-refractivity contribution is 6.09. The van der Waals surface area contributed by atoms with E-state index in [1.807, 2.05) is 91.2 Å². The second-order valence-corrected chi connectivity index (χ2v) is 8.27. The van der Waals surface area contributed by atoms with Crippen molar-refractivity contribution in [3.8, 4) is 5.69 Å². The van der Waals surface area contributed by atoms with Gasteiger partial charge in [0.2, 0.25) is 5.78 Å². The van der Waals surface area contributed by atoms with Crippen molar-refractivity contribution in [3.05, 3.63) is 130 Å². The largest absolute Gasteiger partial charge is 0.341 e. The second-order valence-electron chi connectivity index (χ2n) is 8.27. The summed E-state index contributed by atoms with van der Waals surface area (Å²) in [7, 11) is 0. The number of hydrogen-bond donors (Lipinski definition) is 1. The van der Waals surface area contributed by atoms with E-state index in [-0.39, 0.29) is 11.2 Å². The van der Waals surface area contributed by atoms with Gasteiger partial charge in [0.25, 0.3) is 0 Å². The Morgan fingerprint density at radius 3 is 2.15 bits per heavy atom. The third kappa shape index (κ3) is 3.99. The van der Waals surface area contributed by atoms with Crippen LogP contribution in [0.1, 0.15) is 27.2 Å². The fourth-order valence-electron chi connectivity index (χ4n) is 4.07. The topological polar surface area (TPSA) is 64.0 Å². The second kappa shape index (κ2) is 8.79. The number of anilines is 2. The van der Waals surface area contributed by atoms with E-state index in [2.05, 4.69) is 5.32 Å². The highest BCUT2D eigenvalue weighted by atomic mass is 16.1. The van der Waals surface area contributed by atoms with Crippen LogP contribution in [-0.2, 0) is 0 Å². The number of carbonyl (C=O) groups is 1. The summed E-state index contributed by atoms with van der Waals surface area (Å²) in [6.07, 6.45) is 0. The molecule has 1 N–H and O–H groups in total. The van der Waals surface area contributed by atoms with E-state index in [1.54, 1.807) is 24.3 Å². The zero-order valence-electron chi connectivity index (χ0n) is 18.9. The lowest BCUT2D eigenvalue weighted by Crippen LogP contribution is -2.16. The fourth-order valence-corrected chi connectivity index (χ4v) is 4.07. The van der Waals surface area contributed by atoms with Crippen molar-refractivity contribution in [3.63, 3.8) is 0 Å². The predicted molar refractivity (Wildman–Crippen MR) is 136 cm³/mol. The van der Waals surface area contributed by atoms with Crippen LogP contribution in [0.3, 0.4) is 0 Å². The van der Waals surface area contributed by atoms with Gasteiger partial charge in [-0.05, 0) is 49.7 Å². The van der Waals surface area contributed by atoms with Gasteiger partial charge >= 0.3 is 0 Å². The van der Waals surface area contributed by atoms with Gasteiger partial charge in [-0.3, -0.25) is 14.2 Å². The summed E-state index contributed by atoms with van der Waals surface area (Å²) in [5, 5.41) is 3.84. The van der Waals surface area contributed by atoms with Crippen LogP contribution >= 0.6 is 0 Å². The maximum atomic E-state index is 13.3. The van der Waals surface area contributed by atoms with Crippen molar-refractivity contribution in [2.45, 2.75) is 13.8 Å². The lowest BCUT2D eigenvalue weighted by molar-refractivity contribution is 0.103. The molecule has 2 heterocycles. The highest BCUT2D eigenvalue weighted by Gasteiger charge is 2.19. The molecule has 0 saturated heterocycles. The van der Waals surface area contributed by atoms with Crippen LogP contribution < -0.4 is 10.7 Å². The molecule has 0 fully saturated rings. The Morgan fingerprint density at radius 2 is 1.47 bits per heavy atom. The molecule has 34 heavy (non-hydrogen) atoms. The predicted octanol–water partition coefficient (Wildman–Crippen LogP) is 5.98. The Kier molecular flexibility index (Phi) is 5.52. The quantitative estimate of drug-likeness (QED) is 0.338. The monoisotopic (exact) mass is 445 g/mol. The molecule has 5 nitrogen and oxygen atoms in total. The number of aryl methyl sites for hydroxylation is 2. The van der Waals surface area contributed by atoms with Gasteiger partial charge in [-0.25, -0.2) is 4.98 Å². The molecule has 0 aliphatic carbocycles. The molecule has 0 unspecified atom stereocenters. The van der Waals surface area contributed by atoms with Crippen molar-refractivity contribution in [2.24, 2.45) is 0 Å². The van der Waals surface area contributed by atoms with E-state index >= 15 is 0 Å². The molecule has 0 aliphatic heterocycles. The van der Waals surface area contributed by atoms with Crippen molar-refractivity contribution in [1.29, 1.82) is 0 Å². The summed E-state index contributed by atoms with van der Waals surface area (Å²) in [6.45, 7) is 3.82. The first-order valence-electron chi connectivity index (χ1n) is 11.1. The third-order valence-electron chi connectivity index (χ3n) is 5.77. The minimum Gasteiger partial charge on any atom is -0.341 e. The van der Waals surface area contributed by atoms with Gasteiger partial charge in [0.05, 0.1) is 5.39 Å². The molecule has 0 radical (unpaired) electrons. The lowest BCUT2D eigenvalue weighted by Gasteiger charge is -2.19. The van der Waals surface area contributed by atoms with Crippen molar-refractivity contribution < 1.29 is 4.79 Å². The Bertz CT molecular complexity index is 1560. The first-order valence-corrected chi connectivity index (χ1v) is 11.1. The summed E-state index contributed by atoms with van der Waals surface area (Å²) in [5.41, 5.74) is 4.61. The van der Waals surface area contributed by atoms with E-state index in [1.165, 1.54) is 0 Å². The standard InChI is InChI=1S/C29H23N3O2/c1-19-13-15-21(16-14-19)28(34)24-17-20(2)27-25(33)18-26(30-22-9-5-3-6-10-22)32(29(27)31-24)23-11-7-4-8-12-23/h3-18,30H,1-2H3. The number of carbonyl (C=O) groups excluding carboxylic acids is 1. The average Bonchev–Trinajstić information content (AvgIpc) is 2.85. The SMILES string of the molecule is Cc1ccc(C(=O)c2cc(C)c3c(=O)cc(Nc4ccccc4)n(-c4ccccc4)c3n2)cc1. The van der Waals surface area contributed by atoms with Crippen LogP contribution in [0.15, 0.2) is 102 Å². The highest BCUT2D eigenvalue weighted by Crippen LogP contribution is 2.26. The molecule has 5 aromatic rings. The summed E-state index contributed by atoms with van der Waals surface area (Å²) in [6, 6.07) is 30.0. The van der Waals surface area contributed by atoms with E-state index in [4.69, 9.17) is 4.98 Å². The van der Waals surface area contributed by atoms with Crippen LogP contribution in [0.25, 0.3) is 16.7 Å². The summed E-state index contributed by atoms with van der Waals surface area (Å²) >= 11 is 0. The Labute approximate surface area is 197 Å². The first-order chi connectivity index (χ1) is 16.5. The summed E-state index contributed by atoms with van der Waals surface area (Å²) in [4.78, 5) is 31.2. The minimum absolute atomic E-state index is 0.153. The van der Waals surface area contributed by atoms with E-state index in [0.29, 0.717) is 33.7 Å². The number of nitrogens with zero attached hydrogens (tertiary/aromatic N) is 2. The molecule has 166 valence electrons. The maximum Gasteiger partial charge on any atom is 0.211 e. The molecule has 0 amide bonds. The van der Waals surface area contributed by atoms with E-state index < -0.39 is 0 Å². The normalized spacial score (nSPS) is 10.9. The van der Waals surface area contributed by atoms with Crippen LogP contribution in [0.5, 0.6) is 0 Å². The molecule has 5 heteroatoms. The Balaban J connectivity index is 1.77. The smallest absolute Gasteiger partial charge is 0.211 e. The molecule has 5 rings (SSSR count). The number of rotatable bonds is 5. The lowest BCUT2D eigenvalue weighted by atomic mass is 10.0. The van der Waals surface area contributed by atoms with Crippen molar-refractivity contribution >= 4 is 28.3 Å². The van der Waals surface area contributed by atoms with Crippen LogP contribution in [0.2, 0.25) is 0 Å². The van der Waals surface area contributed by atoms with Gasteiger partial charge in [0.15, 0.2) is 11.1 Å². The molecule has 0 atom stereocenters. The number of benzene rings is 3. The summed E-state index contributed by atoms with van der Waals surface area (Å²) in [5.74, 6) is 0.389. The molecule has 0 saturated carbocycles. The number of pyridine rings is 2. The zero-order valence-corrected chi connectivity index (χ0v) is 18.9. The molecule has 0 bridgehead atoms. The van der Waals surface area contributed by atoms with Crippen LogP contribution in [0.4, 0.5) is 11.5 Å². The number of ketones is 1. The Morgan fingerprint density at radius 1 is 0.824 bits per heavy atom. The van der Waals surface area contributed by atoms with Gasteiger partial charge in [-0.15, -0.1) is 0 Å². The van der Waals surface area contributed by atoms with Crippen molar-refractivity contribution in [2.75, 3.05) is 5.32 Å². The van der Waals surface area contributed by atoms with Gasteiger partial charge in [0, 0.05) is 23.0 Å². The summed E-state index contributed by atoms with van der Waals surface area (Å²) < 4.78 is 1.89. The van der Waals surface area contributed by atoms with Crippen LogP contribution in [0, 0.1) is 13.8 Å². The van der Waals surface area contributed by atoms with Gasteiger partial charge in [-0.1, -0.05) is 66.2 Å². The number of para-hydroxylation sites is 2. The number of fused-ring (bicyclic) bond motifs is 1. The number of aromatic nitrogens is 2. The minimum atomic E-state index is -0.182. The number of nitrogens with one attached hydrogen (secondary N) is 1. The fraction of sp³-hybridized carbons (Fsp3) is 0.0690. The Hall–Kier alpha value is -4.51. The molecular formula is C29H23N3O2. The van der Waals surface area contributed by atoms with E-state index in [9.17, 15) is 9.59 Å².